The maximum atomic E-state index is 3.64. The molecule has 1 aromatic rings. The average molecular weight is 286 g/mol. The van der Waals surface area contributed by atoms with E-state index >= 15 is 0 Å². The van der Waals surface area contributed by atoms with Crippen molar-refractivity contribution in [3.05, 3.63) is 33.8 Å². The summed E-state index contributed by atoms with van der Waals surface area (Å²) in [6.07, 6.45) is 0. The molecule has 1 aliphatic rings. The summed E-state index contributed by atoms with van der Waals surface area (Å²) in [6, 6.07) is 7.03. The fraction of sp³-hybridized carbons (Fsp3) is 0.500. The molecule has 0 saturated heterocycles. The van der Waals surface area contributed by atoms with Gasteiger partial charge in [0.1, 0.15) is 0 Å². The van der Waals surface area contributed by atoms with E-state index in [1.54, 1.807) is 0 Å². The van der Waals surface area contributed by atoms with Crippen LogP contribution < -0.4 is 5.32 Å². The third-order valence-electron chi connectivity index (χ3n) is 2.87. The number of rotatable bonds is 2. The van der Waals surface area contributed by atoms with E-state index in [4.69, 9.17) is 0 Å². The molecule has 0 aromatic heterocycles. The topological polar surface area (TPSA) is 12.0 Å². The molecule has 2 unspecified atom stereocenters. The van der Waals surface area contributed by atoms with Crippen molar-refractivity contribution in [2.24, 2.45) is 0 Å². The molecule has 1 aromatic carbocycles. The summed E-state index contributed by atoms with van der Waals surface area (Å²) in [6.45, 7) is 5.51. The Hall–Kier alpha value is 0.01000. The van der Waals surface area contributed by atoms with Crippen molar-refractivity contribution < 1.29 is 0 Å². The smallest absolute Gasteiger partial charge is 0.0441 e. The molecular formula is C12H16BrNS. The molecule has 1 heterocycles. The number of benzene rings is 1. The van der Waals surface area contributed by atoms with Crippen LogP contribution in [0.25, 0.3) is 0 Å². The summed E-state index contributed by atoms with van der Waals surface area (Å²) in [7, 11) is 0. The van der Waals surface area contributed by atoms with E-state index < -0.39 is 0 Å². The predicted molar refractivity (Wildman–Crippen MR) is 71.3 cm³/mol. The molecule has 0 amide bonds. The highest BCUT2D eigenvalue weighted by molar-refractivity contribution is 9.10. The Labute approximate surface area is 104 Å². The molecule has 1 nitrogen and oxygen atoms in total. The Bertz CT molecular complexity index is 353. The molecule has 3 heteroatoms. The second-order valence-corrected chi connectivity index (χ2v) is 6.08. The SMILES string of the molecule is CCNC1c2cccc(Br)c2CSC1C. The van der Waals surface area contributed by atoms with Crippen molar-refractivity contribution in [2.45, 2.75) is 30.9 Å². The minimum absolute atomic E-state index is 0.501. The highest BCUT2D eigenvalue weighted by Gasteiger charge is 2.27. The van der Waals surface area contributed by atoms with Gasteiger partial charge in [0.15, 0.2) is 0 Å². The summed E-state index contributed by atoms with van der Waals surface area (Å²) in [5.41, 5.74) is 2.93. The van der Waals surface area contributed by atoms with Crippen LogP contribution in [-0.4, -0.2) is 11.8 Å². The third-order valence-corrected chi connectivity index (χ3v) is 4.87. The average Bonchev–Trinajstić information content (AvgIpc) is 2.23. The molecule has 2 rings (SSSR count). The van der Waals surface area contributed by atoms with Gasteiger partial charge in [-0.2, -0.15) is 11.8 Å². The molecule has 15 heavy (non-hydrogen) atoms. The van der Waals surface area contributed by atoms with Crippen LogP contribution in [0, 0.1) is 0 Å². The fourth-order valence-electron chi connectivity index (χ4n) is 2.08. The first-order chi connectivity index (χ1) is 7.24. The number of fused-ring (bicyclic) bond motifs is 1. The number of halogens is 1. The lowest BCUT2D eigenvalue weighted by Crippen LogP contribution is -2.31. The van der Waals surface area contributed by atoms with Crippen molar-refractivity contribution in [1.82, 2.24) is 5.32 Å². The first-order valence-electron chi connectivity index (χ1n) is 5.36. The maximum absolute atomic E-state index is 3.64. The monoisotopic (exact) mass is 285 g/mol. The minimum Gasteiger partial charge on any atom is -0.309 e. The Morgan fingerprint density at radius 2 is 2.33 bits per heavy atom. The largest absolute Gasteiger partial charge is 0.309 e. The van der Waals surface area contributed by atoms with Gasteiger partial charge >= 0.3 is 0 Å². The van der Waals surface area contributed by atoms with Crippen molar-refractivity contribution in [3.8, 4) is 0 Å². The van der Waals surface area contributed by atoms with Crippen molar-refractivity contribution in [2.75, 3.05) is 6.54 Å². The zero-order valence-electron chi connectivity index (χ0n) is 9.09. The van der Waals surface area contributed by atoms with Gasteiger partial charge < -0.3 is 5.32 Å². The highest BCUT2D eigenvalue weighted by Crippen LogP contribution is 2.40. The van der Waals surface area contributed by atoms with E-state index in [2.05, 4.69) is 53.3 Å². The van der Waals surface area contributed by atoms with Crippen LogP contribution in [0.4, 0.5) is 0 Å². The molecule has 2 atom stereocenters. The number of hydrogen-bond acceptors (Lipinski definition) is 2. The molecule has 0 spiro atoms. The van der Waals surface area contributed by atoms with Crippen LogP contribution >= 0.6 is 27.7 Å². The van der Waals surface area contributed by atoms with Crippen LogP contribution in [0.15, 0.2) is 22.7 Å². The van der Waals surface area contributed by atoms with Crippen LogP contribution in [-0.2, 0) is 5.75 Å². The zero-order chi connectivity index (χ0) is 10.8. The summed E-state index contributed by atoms with van der Waals surface area (Å²) in [4.78, 5) is 0. The lowest BCUT2D eigenvalue weighted by molar-refractivity contribution is 0.539. The number of nitrogens with one attached hydrogen (secondary N) is 1. The molecule has 82 valence electrons. The lowest BCUT2D eigenvalue weighted by Gasteiger charge is -2.32. The van der Waals surface area contributed by atoms with Crippen LogP contribution in [0.2, 0.25) is 0 Å². The molecule has 0 radical (unpaired) electrons. The van der Waals surface area contributed by atoms with Gasteiger partial charge in [-0.05, 0) is 23.7 Å². The lowest BCUT2D eigenvalue weighted by atomic mass is 9.98. The van der Waals surface area contributed by atoms with Gasteiger partial charge in [-0.25, -0.2) is 0 Å². The van der Waals surface area contributed by atoms with Crippen LogP contribution in [0.1, 0.15) is 31.0 Å². The van der Waals surface area contributed by atoms with Crippen molar-refractivity contribution in [3.63, 3.8) is 0 Å². The molecule has 1 N–H and O–H groups in total. The third kappa shape index (κ3) is 2.24. The highest BCUT2D eigenvalue weighted by atomic mass is 79.9. The van der Waals surface area contributed by atoms with E-state index in [1.165, 1.54) is 15.6 Å². The van der Waals surface area contributed by atoms with E-state index in [-0.39, 0.29) is 0 Å². The van der Waals surface area contributed by atoms with Gasteiger partial charge in [-0.15, -0.1) is 0 Å². The van der Waals surface area contributed by atoms with Crippen LogP contribution in [0.3, 0.4) is 0 Å². The van der Waals surface area contributed by atoms with E-state index in [1.807, 2.05) is 11.8 Å². The standard InChI is InChI=1S/C12H16BrNS/c1-3-14-12-8(2)15-7-10-9(12)5-4-6-11(10)13/h4-6,8,12,14H,3,7H2,1-2H3. The van der Waals surface area contributed by atoms with Gasteiger partial charge in [-0.1, -0.05) is 41.9 Å². The minimum atomic E-state index is 0.501. The summed E-state index contributed by atoms with van der Waals surface area (Å²) in [5, 5.41) is 4.23. The number of hydrogen-bond donors (Lipinski definition) is 1. The van der Waals surface area contributed by atoms with Gasteiger partial charge in [-0.3, -0.25) is 0 Å². The Morgan fingerprint density at radius 1 is 1.53 bits per heavy atom. The quantitative estimate of drug-likeness (QED) is 0.889. The van der Waals surface area contributed by atoms with Gasteiger partial charge in [0.2, 0.25) is 0 Å². The van der Waals surface area contributed by atoms with E-state index in [0.717, 1.165) is 12.3 Å². The second kappa shape index (κ2) is 4.89. The molecule has 0 saturated carbocycles. The Balaban J connectivity index is 2.39. The van der Waals surface area contributed by atoms with Crippen molar-refractivity contribution in [1.29, 1.82) is 0 Å². The van der Waals surface area contributed by atoms with Gasteiger partial charge in [0.05, 0.1) is 0 Å². The van der Waals surface area contributed by atoms with Crippen LogP contribution in [0.5, 0.6) is 0 Å². The summed E-state index contributed by atoms with van der Waals surface area (Å²) >= 11 is 5.67. The van der Waals surface area contributed by atoms with E-state index in [9.17, 15) is 0 Å². The molecule has 0 aliphatic carbocycles. The van der Waals surface area contributed by atoms with Gasteiger partial charge in [0, 0.05) is 21.5 Å². The normalized spacial score (nSPS) is 25.0. The first-order valence-corrected chi connectivity index (χ1v) is 7.20. The summed E-state index contributed by atoms with van der Waals surface area (Å²) in [5.74, 6) is 1.12. The number of thioether (sulfide) groups is 1. The fourth-order valence-corrected chi connectivity index (χ4v) is 3.97. The zero-order valence-corrected chi connectivity index (χ0v) is 11.5. The molecule has 0 bridgehead atoms. The molecule has 1 aliphatic heterocycles. The Morgan fingerprint density at radius 3 is 3.07 bits per heavy atom. The molecular weight excluding hydrogens is 270 g/mol. The maximum Gasteiger partial charge on any atom is 0.0441 e. The second-order valence-electron chi connectivity index (χ2n) is 3.86. The first kappa shape index (κ1) is 11.5. The van der Waals surface area contributed by atoms with Crippen molar-refractivity contribution >= 4 is 27.7 Å². The van der Waals surface area contributed by atoms with E-state index in [0.29, 0.717) is 11.3 Å². The predicted octanol–water partition coefficient (Wildman–Crippen LogP) is 3.74. The van der Waals surface area contributed by atoms with Gasteiger partial charge in [0.25, 0.3) is 0 Å². The molecule has 0 fully saturated rings. The summed E-state index contributed by atoms with van der Waals surface area (Å²) < 4.78 is 1.25. The Kier molecular flexibility index (Phi) is 3.75.